The number of unbranched alkanes of at least 4 members (excludes halogenated alkanes) is 2. The van der Waals surface area contributed by atoms with Gasteiger partial charge in [-0.25, -0.2) is 9.78 Å². The molecule has 0 bridgehead atoms. The van der Waals surface area contributed by atoms with Crippen molar-refractivity contribution in [2.45, 2.75) is 90.3 Å². The number of carbonyl (C=O) groups is 3. The second-order valence-corrected chi connectivity index (χ2v) is 13.6. The van der Waals surface area contributed by atoms with Crippen molar-refractivity contribution >= 4 is 17.8 Å². The highest BCUT2D eigenvalue weighted by atomic mass is 17.1. The number of hydrogen-bond acceptors (Lipinski definition) is 18. The summed E-state index contributed by atoms with van der Waals surface area (Å²) in [6.07, 6.45) is 1.99. The first-order valence-corrected chi connectivity index (χ1v) is 18.8. The van der Waals surface area contributed by atoms with Crippen LogP contribution in [0.15, 0.2) is 48.5 Å². The van der Waals surface area contributed by atoms with E-state index in [0.29, 0.717) is 43.8 Å². The number of aryl methyl sites for hydroxylation is 1. The Labute approximate surface area is 333 Å². The number of nitrogens with zero attached hydrogens (tertiary/aromatic N) is 7. The van der Waals surface area contributed by atoms with E-state index in [1.165, 1.54) is 13.8 Å². The summed E-state index contributed by atoms with van der Waals surface area (Å²) in [7, 11) is 0. The van der Waals surface area contributed by atoms with E-state index in [1.54, 1.807) is 4.57 Å². The SMILES string of the molecule is CCCc1nc(C(C)(C)O)c(C(=O)NC(CCC(=O)OCCCCON(O)O)C(=O)OCCCCON(O)O)n1Cc1ccc(-c2ccccc2-c2nn[nH]n2)cc1. The molecule has 0 aliphatic heterocycles. The van der Waals surface area contributed by atoms with Gasteiger partial charge in [0.15, 0.2) is 0 Å². The Morgan fingerprint density at radius 1 is 0.879 bits per heavy atom. The Bertz CT molecular complexity index is 1880. The Hall–Kier alpha value is -5.23. The van der Waals surface area contributed by atoms with Crippen LogP contribution in [0.1, 0.15) is 93.3 Å². The predicted octanol–water partition coefficient (Wildman–Crippen LogP) is 3.51. The lowest BCUT2D eigenvalue weighted by atomic mass is 9.98. The Balaban J connectivity index is 1.56. The lowest BCUT2D eigenvalue weighted by Crippen LogP contribution is -2.44. The number of benzene rings is 2. The second kappa shape index (κ2) is 22.6. The highest BCUT2D eigenvalue weighted by molar-refractivity contribution is 5.97. The number of rotatable bonds is 25. The summed E-state index contributed by atoms with van der Waals surface area (Å²) in [4.78, 5) is 54.1. The average molecular weight is 814 g/mol. The molecule has 7 N–H and O–H groups in total. The molecule has 316 valence electrons. The van der Waals surface area contributed by atoms with Gasteiger partial charge in [-0.3, -0.25) is 40.1 Å². The summed E-state index contributed by atoms with van der Waals surface area (Å²) in [6, 6.07) is 14.0. The Morgan fingerprint density at radius 3 is 2.09 bits per heavy atom. The van der Waals surface area contributed by atoms with Gasteiger partial charge in [0.25, 0.3) is 5.91 Å². The molecule has 0 spiro atoms. The van der Waals surface area contributed by atoms with Gasteiger partial charge in [-0.05, 0) is 74.3 Å². The van der Waals surface area contributed by atoms with Crippen LogP contribution in [0.2, 0.25) is 0 Å². The van der Waals surface area contributed by atoms with Crippen LogP contribution >= 0.6 is 0 Å². The van der Waals surface area contributed by atoms with Crippen LogP contribution in [0.5, 0.6) is 0 Å². The van der Waals surface area contributed by atoms with E-state index in [1.807, 2.05) is 55.5 Å². The summed E-state index contributed by atoms with van der Waals surface area (Å²) in [5.74, 6) is -1.21. The van der Waals surface area contributed by atoms with Crippen molar-refractivity contribution < 1.29 is 59.5 Å². The summed E-state index contributed by atoms with van der Waals surface area (Å²) >= 11 is 0. The topological polar surface area (TPSA) is 280 Å². The number of imidazole rings is 1. The molecule has 1 unspecified atom stereocenters. The van der Waals surface area contributed by atoms with Crippen molar-refractivity contribution in [3.63, 3.8) is 0 Å². The van der Waals surface area contributed by atoms with Crippen molar-refractivity contribution in [3.8, 4) is 22.5 Å². The zero-order valence-corrected chi connectivity index (χ0v) is 32.6. The van der Waals surface area contributed by atoms with Crippen LogP contribution in [-0.2, 0) is 47.3 Å². The smallest absolute Gasteiger partial charge is 0.328 e. The number of amides is 1. The lowest BCUT2D eigenvalue weighted by molar-refractivity contribution is -0.492. The number of aliphatic hydroxyl groups is 1. The molecule has 0 aliphatic carbocycles. The molecule has 0 saturated heterocycles. The van der Waals surface area contributed by atoms with Gasteiger partial charge in [-0.1, -0.05) is 55.5 Å². The molecule has 0 aliphatic rings. The first-order valence-electron chi connectivity index (χ1n) is 18.8. The van der Waals surface area contributed by atoms with Crippen molar-refractivity contribution in [1.29, 1.82) is 0 Å². The van der Waals surface area contributed by atoms with Crippen LogP contribution in [0.25, 0.3) is 22.5 Å². The quantitative estimate of drug-likeness (QED) is 0.0286. The fourth-order valence-corrected chi connectivity index (χ4v) is 5.89. The summed E-state index contributed by atoms with van der Waals surface area (Å²) in [6.45, 7) is 4.98. The van der Waals surface area contributed by atoms with Gasteiger partial charge in [0.2, 0.25) is 5.82 Å². The number of H-pyrrole nitrogens is 1. The predicted molar refractivity (Wildman–Crippen MR) is 199 cm³/mol. The van der Waals surface area contributed by atoms with Crippen LogP contribution < -0.4 is 5.32 Å². The van der Waals surface area contributed by atoms with Crippen molar-refractivity contribution in [3.05, 3.63) is 71.3 Å². The number of ether oxygens (including phenoxy) is 2. The van der Waals surface area contributed by atoms with Crippen LogP contribution in [-0.4, -0.2) is 117 Å². The molecule has 2 aromatic heterocycles. The molecule has 2 aromatic carbocycles. The first kappa shape index (κ1) is 45.5. The Morgan fingerprint density at radius 2 is 1.50 bits per heavy atom. The maximum atomic E-state index is 14.3. The fraction of sp³-hybridized carbons (Fsp3) is 0.486. The molecule has 0 saturated carbocycles. The standard InChI is InChI=1S/C37H51N9O12/c1-4-11-30-39-33(37(2,3)50)32(44(30)24-25-14-16-26(17-15-25)27-12-5-6-13-28(27)34-40-42-43-41-34)35(48)38-29(36(49)56-21-8-10-23-58-46(53)54)18-19-31(47)55-20-7-9-22-57-45(51)52/h5-6,12-17,29,50-54H,4,7-11,18-24H2,1-3H3,(H,38,48)(H,40,41,42,43). The summed E-state index contributed by atoms with van der Waals surface area (Å²) in [5.41, 5.74) is 1.95. The third kappa shape index (κ3) is 14.0. The minimum absolute atomic E-state index is 0.00231. The molecule has 1 amide bonds. The second-order valence-electron chi connectivity index (χ2n) is 13.6. The number of esters is 2. The molecular formula is C37H51N9O12. The maximum Gasteiger partial charge on any atom is 0.328 e. The van der Waals surface area contributed by atoms with Crippen LogP contribution in [0.4, 0.5) is 0 Å². The molecule has 2 heterocycles. The highest BCUT2D eigenvalue weighted by Gasteiger charge is 2.34. The normalized spacial score (nSPS) is 12.2. The van der Waals surface area contributed by atoms with E-state index in [2.05, 4.69) is 35.6 Å². The van der Waals surface area contributed by atoms with Crippen molar-refractivity contribution in [2.75, 3.05) is 26.4 Å². The van der Waals surface area contributed by atoms with Gasteiger partial charge in [-0.15, -0.1) is 10.2 Å². The molecule has 58 heavy (non-hydrogen) atoms. The minimum atomic E-state index is -1.57. The average Bonchev–Trinajstić information content (AvgIpc) is 3.85. The molecule has 0 fully saturated rings. The summed E-state index contributed by atoms with van der Waals surface area (Å²) in [5, 5.41) is 62.2. The molecule has 0 radical (unpaired) electrons. The zero-order chi connectivity index (χ0) is 42.1. The largest absolute Gasteiger partial charge is 0.466 e. The van der Waals surface area contributed by atoms with Crippen molar-refractivity contribution in [1.82, 2.24) is 46.3 Å². The van der Waals surface area contributed by atoms with Crippen LogP contribution in [0, 0.1) is 0 Å². The molecule has 21 nitrogen and oxygen atoms in total. The fourth-order valence-electron chi connectivity index (χ4n) is 5.89. The van der Waals surface area contributed by atoms with Gasteiger partial charge < -0.3 is 24.5 Å². The van der Waals surface area contributed by atoms with Gasteiger partial charge in [0.1, 0.15) is 28.9 Å². The third-order valence-electron chi connectivity index (χ3n) is 8.66. The van der Waals surface area contributed by atoms with Gasteiger partial charge in [0, 0.05) is 24.9 Å². The lowest BCUT2D eigenvalue weighted by Gasteiger charge is -2.21. The highest BCUT2D eigenvalue weighted by Crippen LogP contribution is 2.31. The monoisotopic (exact) mass is 813 g/mol. The summed E-state index contributed by atoms with van der Waals surface area (Å²) < 4.78 is 12.4. The van der Waals surface area contributed by atoms with E-state index in [0.717, 1.165) is 22.3 Å². The molecule has 4 aromatic rings. The zero-order valence-electron chi connectivity index (χ0n) is 32.6. The van der Waals surface area contributed by atoms with E-state index in [4.69, 9.17) is 35.3 Å². The van der Waals surface area contributed by atoms with Gasteiger partial charge >= 0.3 is 11.9 Å². The molecule has 4 rings (SSSR count). The first-order chi connectivity index (χ1) is 27.8. The van der Waals surface area contributed by atoms with Crippen LogP contribution in [0.3, 0.4) is 0 Å². The number of aromatic amines is 1. The number of carbonyl (C=O) groups excluding carboxylic acids is 3. The molecule has 21 heteroatoms. The number of aromatic nitrogens is 6. The van der Waals surface area contributed by atoms with E-state index >= 15 is 0 Å². The minimum Gasteiger partial charge on any atom is -0.466 e. The van der Waals surface area contributed by atoms with E-state index < -0.39 is 40.3 Å². The Kier molecular flexibility index (Phi) is 17.8. The number of nitrogens with one attached hydrogen (secondary N) is 2. The molecular weight excluding hydrogens is 762 g/mol. The van der Waals surface area contributed by atoms with Crippen molar-refractivity contribution in [2.24, 2.45) is 0 Å². The number of hydrogen-bond donors (Lipinski definition) is 7. The van der Waals surface area contributed by atoms with E-state index in [-0.39, 0.29) is 63.6 Å². The van der Waals surface area contributed by atoms with E-state index in [9.17, 15) is 19.5 Å². The number of tetrazole rings is 1. The van der Waals surface area contributed by atoms with Gasteiger partial charge in [-0.2, -0.15) is 5.21 Å². The van der Waals surface area contributed by atoms with Gasteiger partial charge in [0.05, 0.1) is 37.2 Å². The maximum absolute atomic E-state index is 14.3. The third-order valence-corrected chi connectivity index (χ3v) is 8.66. The molecule has 1 atom stereocenters.